The summed E-state index contributed by atoms with van der Waals surface area (Å²) in [5.41, 5.74) is 11.2. The van der Waals surface area contributed by atoms with Crippen LogP contribution < -0.4 is 21.3 Å². The third-order valence-electron chi connectivity index (χ3n) is 8.18. The van der Waals surface area contributed by atoms with Crippen molar-refractivity contribution in [2.45, 2.75) is 12.5 Å². The van der Waals surface area contributed by atoms with E-state index in [9.17, 15) is 9.59 Å². The summed E-state index contributed by atoms with van der Waals surface area (Å²) < 4.78 is 5.59. The van der Waals surface area contributed by atoms with Crippen molar-refractivity contribution in [2.24, 2.45) is 5.73 Å². The monoisotopic (exact) mass is 615 g/mol. The minimum absolute atomic E-state index is 0.0272. The third kappa shape index (κ3) is 6.34. The number of nitrogens with zero attached hydrogens (tertiary/aromatic N) is 6. The molecule has 2 aliphatic rings. The Morgan fingerprint density at radius 3 is 2.15 bits per heavy atom. The molecule has 0 radical (unpaired) electrons. The van der Waals surface area contributed by atoms with Crippen LogP contribution in [0.15, 0.2) is 85.5 Å². The molecular weight excluding hydrogens is 582 g/mol. The first-order chi connectivity index (χ1) is 22.5. The molecule has 3 amide bonds. The molecule has 2 fully saturated rings. The molecule has 0 aliphatic carbocycles. The molecule has 2 aromatic heterocycles. The molecule has 5 aromatic rings. The van der Waals surface area contributed by atoms with Gasteiger partial charge in [0, 0.05) is 78.1 Å². The van der Waals surface area contributed by atoms with Gasteiger partial charge in [0.25, 0.3) is 5.91 Å². The van der Waals surface area contributed by atoms with Crippen LogP contribution in [0.3, 0.4) is 0 Å². The van der Waals surface area contributed by atoms with Crippen LogP contribution in [0.1, 0.15) is 16.8 Å². The largest absolute Gasteiger partial charge is 0.378 e. The van der Waals surface area contributed by atoms with Crippen molar-refractivity contribution in [3.63, 3.8) is 0 Å². The number of morpholine rings is 1. The molecule has 46 heavy (non-hydrogen) atoms. The van der Waals surface area contributed by atoms with Gasteiger partial charge in [-0.25, -0.2) is 24.7 Å². The van der Waals surface area contributed by atoms with Crippen molar-refractivity contribution in [3.8, 4) is 22.5 Å². The summed E-state index contributed by atoms with van der Waals surface area (Å²) in [5, 5.41) is 6.64. The minimum Gasteiger partial charge on any atom is -0.378 e. The fraction of sp³-hybridized carbons (Fsp3) is 0.235. The van der Waals surface area contributed by atoms with Crippen molar-refractivity contribution in [1.82, 2.24) is 24.8 Å². The summed E-state index contributed by atoms with van der Waals surface area (Å²) >= 11 is 0. The molecule has 2 saturated heterocycles. The molecule has 4 heterocycles. The molecule has 1 atom stereocenters. The van der Waals surface area contributed by atoms with Crippen LogP contribution in [0.5, 0.6) is 0 Å². The minimum atomic E-state index is -0.397. The number of likely N-dealkylation sites (tertiary alicyclic amines) is 1. The van der Waals surface area contributed by atoms with Gasteiger partial charge < -0.3 is 30.9 Å². The van der Waals surface area contributed by atoms with E-state index in [-0.39, 0.29) is 11.9 Å². The molecule has 0 saturated carbocycles. The second kappa shape index (κ2) is 12.9. The van der Waals surface area contributed by atoms with Crippen molar-refractivity contribution >= 4 is 40.0 Å². The average molecular weight is 616 g/mol. The number of carbonyl (C=O) groups excluding carboxylic acids is 2. The highest BCUT2D eigenvalue weighted by Crippen LogP contribution is 2.31. The van der Waals surface area contributed by atoms with E-state index in [0.29, 0.717) is 49.1 Å². The predicted octanol–water partition coefficient (Wildman–Crippen LogP) is 4.41. The molecule has 7 rings (SSSR count). The fourth-order valence-corrected chi connectivity index (χ4v) is 5.73. The number of rotatable bonds is 6. The summed E-state index contributed by atoms with van der Waals surface area (Å²) in [5.74, 6) is 1.39. The summed E-state index contributed by atoms with van der Waals surface area (Å²) in [6.45, 7) is 3.98. The van der Waals surface area contributed by atoms with Crippen LogP contribution in [0.4, 0.5) is 22.0 Å². The van der Waals surface area contributed by atoms with Crippen LogP contribution in [-0.4, -0.2) is 82.2 Å². The summed E-state index contributed by atoms with van der Waals surface area (Å²) in [6, 6.07) is 20.0. The van der Waals surface area contributed by atoms with Crippen molar-refractivity contribution < 1.29 is 14.3 Å². The lowest BCUT2D eigenvalue weighted by molar-refractivity contribution is 0.0791. The first kappa shape index (κ1) is 29.3. The number of amides is 3. The number of aromatic nitrogens is 4. The maximum Gasteiger partial charge on any atom is 0.323 e. The van der Waals surface area contributed by atoms with Crippen LogP contribution in [-0.2, 0) is 4.74 Å². The zero-order chi connectivity index (χ0) is 31.5. The zero-order valence-electron chi connectivity index (χ0n) is 25.1. The highest BCUT2D eigenvalue weighted by Gasteiger charge is 2.24. The normalized spacial score (nSPS) is 16.4. The van der Waals surface area contributed by atoms with E-state index < -0.39 is 6.03 Å². The summed E-state index contributed by atoms with van der Waals surface area (Å²) in [7, 11) is 0. The summed E-state index contributed by atoms with van der Waals surface area (Å²) in [6.07, 6.45) is 5.88. The zero-order valence-corrected chi connectivity index (χ0v) is 25.1. The number of fused-ring (bicyclic) bond motifs is 1. The quantitative estimate of drug-likeness (QED) is 0.252. The second-order valence-corrected chi connectivity index (χ2v) is 11.4. The third-order valence-corrected chi connectivity index (χ3v) is 8.18. The molecular formula is C34H33N9O3. The van der Waals surface area contributed by atoms with Crippen molar-refractivity contribution in [3.05, 3.63) is 91.0 Å². The van der Waals surface area contributed by atoms with E-state index in [0.717, 1.165) is 52.9 Å². The highest BCUT2D eigenvalue weighted by atomic mass is 16.5. The maximum atomic E-state index is 12.8. The number of hydrogen-bond donors (Lipinski definition) is 3. The molecule has 0 spiro atoms. The Labute approximate surface area is 265 Å². The van der Waals surface area contributed by atoms with Crippen molar-refractivity contribution in [1.29, 1.82) is 0 Å². The molecule has 232 valence electrons. The van der Waals surface area contributed by atoms with Crippen LogP contribution >= 0.6 is 0 Å². The lowest BCUT2D eigenvalue weighted by atomic mass is 10.1. The second-order valence-electron chi connectivity index (χ2n) is 11.4. The van der Waals surface area contributed by atoms with Gasteiger partial charge in [-0.05, 0) is 72.6 Å². The Balaban J connectivity index is 1.07. The number of nitrogens with two attached hydrogens (primary N) is 1. The number of anilines is 3. The Morgan fingerprint density at radius 2 is 1.48 bits per heavy atom. The van der Waals surface area contributed by atoms with E-state index in [1.807, 2.05) is 42.5 Å². The van der Waals surface area contributed by atoms with Crippen molar-refractivity contribution in [2.75, 3.05) is 54.9 Å². The standard InChI is InChI=1S/C34H33N9O3/c35-26-11-12-43(20-26)33(44)23-3-8-28(9-4-23)39-34(45)38-27-6-1-22(2-7-27)31-40-30-17-24(25-18-36-21-37-19-25)5-10-29(30)32(41-31)42-13-15-46-16-14-42/h1-10,17-19,21,26H,11-16,20,35H2,(H2,38,39,45). The lowest BCUT2D eigenvalue weighted by Gasteiger charge is -2.29. The Hall–Kier alpha value is -5.46. The van der Waals surface area contributed by atoms with Gasteiger partial charge in [0.1, 0.15) is 12.1 Å². The smallest absolute Gasteiger partial charge is 0.323 e. The number of benzene rings is 3. The number of ether oxygens (including phenoxy) is 1. The number of urea groups is 1. The highest BCUT2D eigenvalue weighted by molar-refractivity contribution is 6.01. The first-order valence-corrected chi connectivity index (χ1v) is 15.2. The molecule has 4 N–H and O–H groups in total. The SMILES string of the molecule is NC1CCN(C(=O)c2ccc(NC(=O)Nc3ccc(-c4nc(N5CCOCC5)c5ccc(-c6cncnc6)cc5n4)cc3)cc2)C1. The Bertz CT molecular complexity index is 1860. The van der Waals surface area contributed by atoms with Gasteiger partial charge in [0.2, 0.25) is 0 Å². The topological polar surface area (TPSA) is 151 Å². The first-order valence-electron chi connectivity index (χ1n) is 15.2. The number of carbonyl (C=O) groups is 2. The van der Waals surface area contributed by atoms with E-state index >= 15 is 0 Å². The molecule has 3 aromatic carbocycles. The van der Waals surface area contributed by atoms with Gasteiger partial charge in [-0.1, -0.05) is 6.07 Å². The molecule has 0 bridgehead atoms. The van der Waals surface area contributed by atoms with E-state index in [4.69, 9.17) is 20.4 Å². The van der Waals surface area contributed by atoms with Gasteiger partial charge in [-0.3, -0.25) is 4.79 Å². The van der Waals surface area contributed by atoms with Crippen LogP contribution in [0, 0.1) is 0 Å². The number of nitrogens with one attached hydrogen (secondary N) is 2. The van der Waals surface area contributed by atoms with Crippen LogP contribution in [0.2, 0.25) is 0 Å². The predicted molar refractivity (Wildman–Crippen MR) is 177 cm³/mol. The van der Waals surface area contributed by atoms with Gasteiger partial charge in [-0.15, -0.1) is 0 Å². The van der Waals surface area contributed by atoms with Gasteiger partial charge in [0.15, 0.2) is 5.82 Å². The van der Waals surface area contributed by atoms with E-state index in [1.165, 1.54) is 6.33 Å². The van der Waals surface area contributed by atoms with Gasteiger partial charge in [0.05, 0.1) is 18.7 Å². The Morgan fingerprint density at radius 1 is 0.804 bits per heavy atom. The Kier molecular flexibility index (Phi) is 8.19. The molecule has 2 aliphatic heterocycles. The summed E-state index contributed by atoms with van der Waals surface area (Å²) in [4.78, 5) is 47.7. The van der Waals surface area contributed by atoms with Crippen LogP contribution in [0.25, 0.3) is 33.4 Å². The lowest BCUT2D eigenvalue weighted by Crippen LogP contribution is -2.37. The van der Waals surface area contributed by atoms with Gasteiger partial charge >= 0.3 is 6.03 Å². The maximum absolute atomic E-state index is 12.8. The molecule has 12 nitrogen and oxygen atoms in total. The van der Waals surface area contributed by atoms with E-state index in [2.05, 4.69) is 25.5 Å². The average Bonchev–Trinajstić information content (AvgIpc) is 3.54. The molecule has 1 unspecified atom stereocenters. The fourth-order valence-electron chi connectivity index (χ4n) is 5.73. The number of hydrogen-bond acceptors (Lipinski definition) is 9. The van der Waals surface area contributed by atoms with Gasteiger partial charge in [-0.2, -0.15) is 0 Å². The molecule has 12 heteroatoms. The van der Waals surface area contributed by atoms with E-state index in [1.54, 1.807) is 41.6 Å².